The zero-order chi connectivity index (χ0) is 11.3. The highest BCUT2D eigenvalue weighted by Gasteiger charge is 2.11. The van der Waals surface area contributed by atoms with E-state index in [0.29, 0.717) is 0 Å². The van der Waals surface area contributed by atoms with Crippen molar-refractivity contribution in [1.29, 1.82) is 0 Å². The van der Waals surface area contributed by atoms with Crippen molar-refractivity contribution >= 4 is 15.9 Å². The summed E-state index contributed by atoms with van der Waals surface area (Å²) in [4.78, 5) is 0. The van der Waals surface area contributed by atoms with Crippen LogP contribution in [0, 0.1) is 11.8 Å². The highest BCUT2D eigenvalue weighted by atomic mass is 79.9. The lowest BCUT2D eigenvalue weighted by Crippen LogP contribution is -2.16. The lowest BCUT2D eigenvalue weighted by molar-refractivity contribution is 0.652. The van der Waals surface area contributed by atoms with E-state index in [0.717, 1.165) is 29.7 Å². The molecule has 0 spiro atoms. The van der Waals surface area contributed by atoms with Crippen LogP contribution in [0.4, 0.5) is 0 Å². The van der Waals surface area contributed by atoms with Gasteiger partial charge in [0.05, 0.1) is 22.4 Å². The second-order valence-corrected chi connectivity index (χ2v) is 4.01. The molecule has 0 fully saturated rings. The molecule has 0 aromatic carbocycles. The Bertz CT molecular complexity index is 385. The van der Waals surface area contributed by atoms with Gasteiger partial charge in [-0.15, -0.1) is 5.92 Å². The molecule has 1 heterocycles. The van der Waals surface area contributed by atoms with Crippen molar-refractivity contribution in [3.8, 4) is 11.8 Å². The molecule has 0 amide bonds. The number of aromatic nitrogens is 2. The molecule has 0 saturated carbocycles. The third-order valence-corrected chi connectivity index (χ3v) is 3.10. The number of hydrogen-bond donors (Lipinski definition) is 1. The first-order valence-electron chi connectivity index (χ1n) is 5.01. The van der Waals surface area contributed by atoms with Crippen LogP contribution in [0.1, 0.15) is 25.2 Å². The Morgan fingerprint density at radius 1 is 1.53 bits per heavy atom. The van der Waals surface area contributed by atoms with E-state index in [2.05, 4.69) is 45.1 Å². The average Bonchev–Trinajstić information content (AvgIpc) is 2.50. The molecule has 1 rings (SSSR count). The minimum absolute atomic E-state index is 0.718. The van der Waals surface area contributed by atoms with Crippen LogP contribution < -0.4 is 5.32 Å². The van der Waals surface area contributed by atoms with Crippen LogP contribution in [0.2, 0.25) is 0 Å². The maximum Gasteiger partial charge on any atom is 0.0767 e. The normalized spacial score (nSPS) is 9.87. The standard InChI is InChI=1S/C11H16BrN3/c1-4-6-7-13-8-10-11(12)9(5-2)14-15(10)3/h13H,5,7-8H2,1-3H3. The SMILES string of the molecule is CC#CCNCc1c(Br)c(CC)nn1C. The summed E-state index contributed by atoms with van der Waals surface area (Å²) < 4.78 is 3.03. The molecule has 1 aromatic heterocycles. The van der Waals surface area contributed by atoms with Crippen molar-refractivity contribution in [2.75, 3.05) is 6.54 Å². The quantitative estimate of drug-likeness (QED) is 0.668. The predicted molar refractivity (Wildman–Crippen MR) is 65.4 cm³/mol. The first-order valence-corrected chi connectivity index (χ1v) is 5.80. The van der Waals surface area contributed by atoms with E-state index >= 15 is 0 Å². The Balaban J connectivity index is 2.66. The topological polar surface area (TPSA) is 29.9 Å². The highest BCUT2D eigenvalue weighted by molar-refractivity contribution is 9.10. The van der Waals surface area contributed by atoms with Gasteiger partial charge in [0.1, 0.15) is 0 Å². The first kappa shape index (κ1) is 12.3. The second-order valence-electron chi connectivity index (χ2n) is 3.21. The number of rotatable bonds is 4. The fraction of sp³-hybridized carbons (Fsp3) is 0.545. The van der Waals surface area contributed by atoms with Gasteiger partial charge < -0.3 is 5.32 Å². The lowest BCUT2D eigenvalue weighted by atomic mass is 10.3. The molecule has 0 atom stereocenters. The highest BCUT2D eigenvalue weighted by Crippen LogP contribution is 2.21. The Labute approximate surface area is 99.4 Å². The molecule has 0 unspecified atom stereocenters. The van der Waals surface area contributed by atoms with Crippen LogP contribution in [-0.4, -0.2) is 16.3 Å². The van der Waals surface area contributed by atoms with Crippen molar-refractivity contribution in [3.05, 3.63) is 15.9 Å². The largest absolute Gasteiger partial charge is 0.301 e. The van der Waals surface area contributed by atoms with E-state index < -0.39 is 0 Å². The molecule has 0 bridgehead atoms. The summed E-state index contributed by atoms with van der Waals surface area (Å²) in [5.41, 5.74) is 2.28. The molecule has 15 heavy (non-hydrogen) atoms. The van der Waals surface area contributed by atoms with Crippen LogP contribution in [-0.2, 0) is 20.0 Å². The summed E-state index contributed by atoms with van der Waals surface area (Å²) in [6.45, 7) is 5.46. The van der Waals surface area contributed by atoms with Crippen LogP contribution in [0.25, 0.3) is 0 Å². The van der Waals surface area contributed by atoms with Crippen molar-refractivity contribution < 1.29 is 0 Å². The number of halogens is 1. The number of hydrogen-bond acceptors (Lipinski definition) is 2. The molecule has 0 aliphatic carbocycles. The van der Waals surface area contributed by atoms with Gasteiger partial charge in [-0.3, -0.25) is 4.68 Å². The smallest absolute Gasteiger partial charge is 0.0767 e. The molecule has 4 heteroatoms. The minimum atomic E-state index is 0.718. The maximum absolute atomic E-state index is 4.42. The van der Waals surface area contributed by atoms with Gasteiger partial charge >= 0.3 is 0 Å². The molecular weight excluding hydrogens is 254 g/mol. The molecular formula is C11H16BrN3. The molecule has 1 N–H and O–H groups in total. The third-order valence-electron chi connectivity index (χ3n) is 2.19. The van der Waals surface area contributed by atoms with Gasteiger partial charge in [0.15, 0.2) is 0 Å². The van der Waals surface area contributed by atoms with E-state index in [-0.39, 0.29) is 0 Å². The van der Waals surface area contributed by atoms with E-state index in [1.54, 1.807) is 0 Å². The summed E-state index contributed by atoms with van der Waals surface area (Å²) in [6, 6.07) is 0. The molecule has 0 aliphatic rings. The Morgan fingerprint density at radius 3 is 2.80 bits per heavy atom. The van der Waals surface area contributed by atoms with Gasteiger partial charge in [0.2, 0.25) is 0 Å². The molecule has 0 aliphatic heterocycles. The molecule has 0 saturated heterocycles. The van der Waals surface area contributed by atoms with Crippen molar-refractivity contribution in [2.24, 2.45) is 7.05 Å². The Morgan fingerprint density at radius 2 is 2.27 bits per heavy atom. The molecule has 1 aromatic rings. The monoisotopic (exact) mass is 269 g/mol. The first-order chi connectivity index (χ1) is 7.20. The summed E-state index contributed by atoms with van der Waals surface area (Å²) in [5.74, 6) is 5.83. The summed E-state index contributed by atoms with van der Waals surface area (Å²) >= 11 is 3.57. The number of nitrogens with zero attached hydrogens (tertiary/aromatic N) is 2. The van der Waals surface area contributed by atoms with Crippen molar-refractivity contribution in [3.63, 3.8) is 0 Å². The van der Waals surface area contributed by atoms with E-state index in [1.165, 1.54) is 5.69 Å². The zero-order valence-electron chi connectivity index (χ0n) is 9.39. The van der Waals surface area contributed by atoms with Gasteiger partial charge in [-0.25, -0.2) is 0 Å². The number of aryl methyl sites for hydroxylation is 2. The third kappa shape index (κ3) is 3.08. The predicted octanol–water partition coefficient (Wildman–Crippen LogP) is 1.86. The zero-order valence-corrected chi connectivity index (χ0v) is 11.0. The van der Waals surface area contributed by atoms with Gasteiger partial charge in [0.25, 0.3) is 0 Å². The van der Waals surface area contributed by atoms with Crippen LogP contribution in [0.5, 0.6) is 0 Å². The van der Waals surface area contributed by atoms with Crippen molar-refractivity contribution in [2.45, 2.75) is 26.8 Å². The van der Waals surface area contributed by atoms with Crippen LogP contribution in [0.15, 0.2) is 4.47 Å². The fourth-order valence-electron chi connectivity index (χ4n) is 1.34. The lowest BCUT2D eigenvalue weighted by Gasteiger charge is -2.02. The second kappa shape index (κ2) is 5.94. The molecule has 3 nitrogen and oxygen atoms in total. The average molecular weight is 270 g/mol. The van der Waals surface area contributed by atoms with Crippen LogP contribution >= 0.6 is 15.9 Å². The summed E-state index contributed by atoms with van der Waals surface area (Å²) in [7, 11) is 1.96. The Kier molecular flexibility index (Phi) is 4.86. The Hall–Kier alpha value is -0.790. The molecule has 0 radical (unpaired) electrons. The number of nitrogens with one attached hydrogen (secondary N) is 1. The van der Waals surface area contributed by atoms with Crippen molar-refractivity contribution in [1.82, 2.24) is 15.1 Å². The maximum atomic E-state index is 4.42. The van der Waals surface area contributed by atoms with Gasteiger partial charge in [-0.2, -0.15) is 5.10 Å². The van der Waals surface area contributed by atoms with Gasteiger partial charge in [-0.05, 0) is 29.3 Å². The van der Waals surface area contributed by atoms with E-state index in [9.17, 15) is 0 Å². The summed E-state index contributed by atoms with van der Waals surface area (Å²) in [5, 5.41) is 7.68. The van der Waals surface area contributed by atoms with E-state index in [1.807, 2.05) is 18.7 Å². The molecule has 82 valence electrons. The summed E-state index contributed by atoms with van der Waals surface area (Å²) in [6.07, 6.45) is 0.948. The van der Waals surface area contributed by atoms with Gasteiger partial charge in [0, 0.05) is 13.6 Å². The van der Waals surface area contributed by atoms with Gasteiger partial charge in [-0.1, -0.05) is 12.8 Å². The minimum Gasteiger partial charge on any atom is -0.301 e. The van der Waals surface area contributed by atoms with Crippen LogP contribution in [0.3, 0.4) is 0 Å². The fourth-order valence-corrected chi connectivity index (χ4v) is 2.10. The van der Waals surface area contributed by atoms with E-state index in [4.69, 9.17) is 0 Å².